The number of ether oxygens (including phenoxy) is 1. The van der Waals surface area contributed by atoms with Gasteiger partial charge in [0, 0.05) is 12.6 Å². The molecule has 5 nitrogen and oxygen atoms in total. The third-order valence-corrected chi connectivity index (χ3v) is 5.24. The number of hydrogen-bond donors (Lipinski definition) is 1. The van der Waals surface area contributed by atoms with Crippen LogP contribution in [0, 0.1) is 13.8 Å². The molecule has 2 aliphatic rings. The molecule has 0 aromatic heterocycles. The first-order valence-electron chi connectivity index (χ1n) is 9.00. The van der Waals surface area contributed by atoms with Gasteiger partial charge in [0.2, 0.25) is 0 Å². The topological polar surface area (TPSA) is 44.8 Å². The number of rotatable bonds is 4. The standard InChI is InChI=1S/C19H29N3O2/c1-14-7-6-8-15(2)18(14)24-17-12-22(13-17)19(23)20-11-16-9-4-5-10-21(16)3/h6-8,16-17H,4-5,9-13H2,1-3H3,(H,20,23). The minimum Gasteiger partial charge on any atom is -0.486 e. The van der Waals surface area contributed by atoms with Crippen LogP contribution in [0.4, 0.5) is 4.79 Å². The molecular weight excluding hydrogens is 302 g/mol. The second kappa shape index (κ2) is 7.43. The third kappa shape index (κ3) is 3.83. The zero-order valence-corrected chi connectivity index (χ0v) is 15.0. The van der Waals surface area contributed by atoms with Crippen LogP contribution >= 0.6 is 0 Å². The van der Waals surface area contributed by atoms with Crippen LogP contribution in [-0.2, 0) is 0 Å². The monoisotopic (exact) mass is 331 g/mol. The van der Waals surface area contributed by atoms with Gasteiger partial charge in [0.05, 0.1) is 13.1 Å². The van der Waals surface area contributed by atoms with E-state index in [9.17, 15) is 4.79 Å². The van der Waals surface area contributed by atoms with Gasteiger partial charge >= 0.3 is 6.03 Å². The summed E-state index contributed by atoms with van der Waals surface area (Å²) in [6.07, 6.45) is 3.81. The average molecular weight is 331 g/mol. The molecule has 132 valence electrons. The predicted molar refractivity (Wildman–Crippen MR) is 95.6 cm³/mol. The second-order valence-corrected chi connectivity index (χ2v) is 7.18. The summed E-state index contributed by atoms with van der Waals surface area (Å²) in [6, 6.07) is 6.68. The largest absolute Gasteiger partial charge is 0.486 e. The smallest absolute Gasteiger partial charge is 0.317 e. The van der Waals surface area contributed by atoms with Crippen LogP contribution in [0.5, 0.6) is 5.75 Å². The maximum Gasteiger partial charge on any atom is 0.317 e. The van der Waals surface area contributed by atoms with Crippen LogP contribution in [0.3, 0.4) is 0 Å². The fourth-order valence-corrected chi connectivity index (χ4v) is 3.55. The molecule has 24 heavy (non-hydrogen) atoms. The van der Waals surface area contributed by atoms with Crippen molar-refractivity contribution in [2.24, 2.45) is 0 Å². The van der Waals surface area contributed by atoms with E-state index in [0.717, 1.165) is 30.0 Å². The first-order chi connectivity index (χ1) is 11.5. The highest BCUT2D eigenvalue weighted by atomic mass is 16.5. The van der Waals surface area contributed by atoms with E-state index in [1.54, 1.807) is 0 Å². The number of benzene rings is 1. The zero-order valence-electron chi connectivity index (χ0n) is 15.0. The molecular formula is C19H29N3O2. The number of urea groups is 1. The lowest BCUT2D eigenvalue weighted by Gasteiger charge is -2.40. The number of carbonyl (C=O) groups excluding carboxylic acids is 1. The van der Waals surface area contributed by atoms with Crippen molar-refractivity contribution in [1.29, 1.82) is 0 Å². The van der Waals surface area contributed by atoms with Crippen LogP contribution in [-0.4, -0.2) is 61.2 Å². The summed E-state index contributed by atoms with van der Waals surface area (Å²) in [7, 11) is 2.15. The Kier molecular flexibility index (Phi) is 5.29. The van der Waals surface area contributed by atoms with Crippen LogP contribution < -0.4 is 10.1 Å². The SMILES string of the molecule is Cc1cccc(C)c1OC1CN(C(=O)NCC2CCCCN2C)C1. The highest BCUT2D eigenvalue weighted by molar-refractivity contribution is 5.75. The van der Waals surface area contributed by atoms with Gasteiger partial charge in [0.25, 0.3) is 0 Å². The van der Waals surface area contributed by atoms with Crippen molar-refractivity contribution < 1.29 is 9.53 Å². The van der Waals surface area contributed by atoms with Gasteiger partial charge in [-0.2, -0.15) is 0 Å². The molecule has 1 unspecified atom stereocenters. The summed E-state index contributed by atoms with van der Waals surface area (Å²) < 4.78 is 6.07. The molecule has 2 fully saturated rings. The first kappa shape index (κ1) is 17.1. The van der Waals surface area contributed by atoms with Crippen molar-refractivity contribution in [2.75, 3.05) is 33.2 Å². The maximum absolute atomic E-state index is 12.2. The molecule has 0 bridgehead atoms. The van der Waals surface area contributed by atoms with E-state index in [4.69, 9.17) is 4.74 Å². The number of amides is 2. The highest BCUT2D eigenvalue weighted by Crippen LogP contribution is 2.26. The molecule has 0 saturated carbocycles. The zero-order chi connectivity index (χ0) is 17.1. The lowest BCUT2D eigenvalue weighted by molar-refractivity contribution is 0.0426. The van der Waals surface area contributed by atoms with Crippen LogP contribution in [0.2, 0.25) is 0 Å². The van der Waals surface area contributed by atoms with E-state index >= 15 is 0 Å². The van der Waals surface area contributed by atoms with Crippen molar-refractivity contribution in [2.45, 2.75) is 45.3 Å². The Morgan fingerprint density at radius 2 is 1.96 bits per heavy atom. The Hall–Kier alpha value is -1.75. The van der Waals surface area contributed by atoms with Gasteiger partial charge in [-0.1, -0.05) is 24.6 Å². The van der Waals surface area contributed by atoms with Gasteiger partial charge in [0.1, 0.15) is 11.9 Å². The number of aryl methyl sites for hydroxylation is 2. The fourth-order valence-electron chi connectivity index (χ4n) is 3.55. The fraction of sp³-hybridized carbons (Fsp3) is 0.632. The van der Waals surface area contributed by atoms with E-state index in [1.807, 2.05) is 11.0 Å². The molecule has 1 N–H and O–H groups in total. The predicted octanol–water partition coefficient (Wildman–Crippen LogP) is 2.56. The summed E-state index contributed by atoms with van der Waals surface area (Å²) >= 11 is 0. The van der Waals surface area contributed by atoms with Crippen LogP contribution in [0.15, 0.2) is 18.2 Å². The molecule has 0 radical (unpaired) electrons. The molecule has 1 aromatic rings. The van der Waals surface area contributed by atoms with E-state index < -0.39 is 0 Å². The van der Waals surface area contributed by atoms with Gasteiger partial charge in [-0.05, 0) is 51.4 Å². The minimum absolute atomic E-state index is 0.0373. The summed E-state index contributed by atoms with van der Waals surface area (Å²) in [4.78, 5) is 16.4. The molecule has 3 rings (SSSR count). The van der Waals surface area contributed by atoms with Gasteiger partial charge in [0.15, 0.2) is 0 Å². The minimum atomic E-state index is 0.0373. The van der Waals surface area contributed by atoms with Crippen LogP contribution in [0.1, 0.15) is 30.4 Å². The molecule has 5 heteroatoms. The summed E-state index contributed by atoms with van der Waals surface area (Å²) in [5, 5.41) is 3.08. The quantitative estimate of drug-likeness (QED) is 0.922. The third-order valence-electron chi connectivity index (χ3n) is 5.24. The van der Waals surface area contributed by atoms with Crippen molar-refractivity contribution in [3.8, 4) is 5.75 Å². The Balaban J connectivity index is 1.42. The number of likely N-dealkylation sites (N-methyl/N-ethyl adjacent to an activating group) is 1. The highest BCUT2D eigenvalue weighted by Gasteiger charge is 2.33. The van der Waals surface area contributed by atoms with Crippen molar-refractivity contribution in [1.82, 2.24) is 15.1 Å². The summed E-state index contributed by atoms with van der Waals surface area (Å²) in [6.45, 7) is 7.34. The lowest BCUT2D eigenvalue weighted by Crippen LogP contribution is -2.60. The van der Waals surface area contributed by atoms with E-state index in [-0.39, 0.29) is 12.1 Å². The Morgan fingerprint density at radius 3 is 2.62 bits per heavy atom. The molecule has 1 aromatic carbocycles. The van der Waals surface area contributed by atoms with Gasteiger partial charge < -0.3 is 19.9 Å². The van der Waals surface area contributed by atoms with Gasteiger partial charge in [-0.25, -0.2) is 4.79 Å². The van der Waals surface area contributed by atoms with Gasteiger partial charge in [-0.3, -0.25) is 0 Å². The molecule has 2 aliphatic heterocycles. The Morgan fingerprint density at radius 1 is 1.25 bits per heavy atom. The lowest BCUT2D eigenvalue weighted by atomic mass is 10.0. The van der Waals surface area contributed by atoms with Crippen molar-refractivity contribution in [3.05, 3.63) is 29.3 Å². The number of nitrogens with zero attached hydrogens (tertiary/aromatic N) is 2. The number of para-hydroxylation sites is 1. The van der Waals surface area contributed by atoms with Crippen LogP contribution in [0.25, 0.3) is 0 Å². The average Bonchev–Trinajstić information content (AvgIpc) is 2.51. The summed E-state index contributed by atoms with van der Waals surface area (Å²) in [5.41, 5.74) is 2.30. The number of nitrogens with one attached hydrogen (secondary N) is 1. The summed E-state index contributed by atoms with van der Waals surface area (Å²) in [5.74, 6) is 0.964. The molecule has 2 saturated heterocycles. The van der Waals surface area contributed by atoms with Crippen molar-refractivity contribution in [3.63, 3.8) is 0 Å². The van der Waals surface area contributed by atoms with Gasteiger partial charge in [-0.15, -0.1) is 0 Å². The second-order valence-electron chi connectivity index (χ2n) is 7.18. The Labute approximate surface area is 145 Å². The van der Waals surface area contributed by atoms with Crippen molar-refractivity contribution >= 4 is 6.03 Å². The number of likely N-dealkylation sites (tertiary alicyclic amines) is 2. The molecule has 2 heterocycles. The molecule has 2 amide bonds. The number of hydrogen-bond acceptors (Lipinski definition) is 3. The molecule has 0 spiro atoms. The van der Waals surface area contributed by atoms with E-state index in [2.05, 4.69) is 43.2 Å². The van der Waals surface area contributed by atoms with E-state index in [0.29, 0.717) is 19.1 Å². The maximum atomic E-state index is 12.2. The molecule has 0 aliphatic carbocycles. The first-order valence-corrected chi connectivity index (χ1v) is 9.00. The normalized spacial score (nSPS) is 22.1. The Bertz CT molecular complexity index is 564. The number of piperidine rings is 1. The van der Waals surface area contributed by atoms with E-state index in [1.165, 1.54) is 19.3 Å². The number of carbonyl (C=O) groups is 1. The molecule has 1 atom stereocenters.